The predicted octanol–water partition coefficient (Wildman–Crippen LogP) is 1.22. The Hall–Kier alpha value is -1.91. The van der Waals surface area contributed by atoms with Crippen LogP contribution in [0.25, 0.3) is 5.95 Å². The molecule has 2 N–H and O–H groups in total. The first-order valence-corrected chi connectivity index (χ1v) is 5.19. The highest BCUT2D eigenvalue weighted by molar-refractivity contribution is 5.36. The van der Waals surface area contributed by atoms with Crippen LogP contribution in [-0.2, 0) is 6.42 Å². The summed E-state index contributed by atoms with van der Waals surface area (Å²) in [5, 5.41) is 4.22. The normalized spacial score (nSPS) is 10.7. The van der Waals surface area contributed by atoms with Gasteiger partial charge in [0.25, 0.3) is 5.95 Å². The molecule has 0 spiro atoms. The van der Waals surface area contributed by atoms with E-state index in [2.05, 4.69) is 21.3 Å². The molecule has 0 aliphatic heterocycles. The van der Waals surface area contributed by atoms with Gasteiger partial charge in [0.05, 0.1) is 11.9 Å². The fraction of sp³-hybridized carbons (Fsp3) is 0.364. The topological polar surface area (TPSA) is 69.6 Å². The molecule has 0 amide bonds. The molecular formula is C11H14N5. The van der Waals surface area contributed by atoms with Crippen LogP contribution in [0.1, 0.15) is 23.9 Å². The minimum Gasteiger partial charge on any atom is -0.383 e. The van der Waals surface area contributed by atoms with Crippen molar-refractivity contribution in [2.45, 2.75) is 27.2 Å². The first-order chi connectivity index (χ1) is 7.61. The summed E-state index contributed by atoms with van der Waals surface area (Å²) in [4.78, 5) is 8.51. The van der Waals surface area contributed by atoms with Gasteiger partial charge in [-0.2, -0.15) is 9.78 Å². The van der Waals surface area contributed by atoms with Gasteiger partial charge in [-0.05, 0) is 20.3 Å². The van der Waals surface area contributed by atoms with Crippen molar-refractivity contribution in [3.63, 3.8) is 0 Å². The smallest absolute Gasteiger partial charge is 0.253 e. The van der Waals surface area contributed by atoms with Crippen LogP contribution < -0.4 is 5.73 Å². The van der Waals surface area contributed by atoms with Gasteiger partial charge in [0, 0.05) is 17.3 Å². The standard InChI is InChI=1S/C11H14N5/c1-4-9-6-13-11(14-8(9)3)16-10(12)5-7(2)15-16/h5H,4,12H2,1-3H3. The van der Waals surface area contributed by atoms with Crippen molar-refractivity contribution in [1.82, 2.24) is 19.7 Å². The van der Waals surface area contributed by atoms with E-state index in [4.69, 9.17) is 5.73 Å². The molecule has 2 heterocycles. The van der Waals surface area contributed by atoms with E-state index in [1.807, 2.05) is 20.8 Å². The van der Waals surface area contributed by atoms with Crippen molar-refractivity contribution in [1.29, 1.82) is 0 Å². The number of nitrogens with two attached hydrogens (primary N) is 1. The van der Waals surface area contributed by atoms with Crippen molar-refractivity contribution in [2.24, 2.45) is 0 Å². The van der Waals surface area contributed by atoms with Crippen molar-refractivity contribution < 1.29 is 0 Å². The SMILES string of the molecule is CCc1[c]nc(-n2nc(C)cc2N)nc1C. The van der Waals surface area contributed by atoms with Crippen LogP contribution >= 0.6 is 0 Å². The zero-order chi connectivity index (χ0) is 11.7. The summed E-state index contributed by atoms with van der Waals surface area (Å²) in [7, 11) is 0. The zero-order valence-electron chi connectivity index (χ0n) is 9.65. The second kappa shape index (κ2) is 3.92. The van der Waals surface area contributed by atoms with Crippen LogP contribution in [0.15, 0.2) is 6.07 Å². The fourth-order valence-corrected chi connectivity index (χ4v) is 1.55. The van der Waals surface area contributed by atoms with Crippen LogP contribution in [0.4, 0.5) is 5.82 Å². The number of nitrogens with zero attached hydrogens (tertiary/aromatic N) is 4. The molecule has 16 heavy (non-hydrogen) atoms. The van der Waals surface area contributed by atoms with Gasteiger partial charge < -0.3 is 5.73 Å². The second-order valence-corrected chi connectivity index (χ2v) is 3.68. The average Bonchev–Trinajstić information content (AvgIpc) is 2.58. The zero-order valence-corrected chi connectivity index (χ0v) is 9.65. The molecule has 83 valence electrons. The monoisotopic (exact) mass is 216 g/mol. The lowest BCUT2D eigenvalue weighted by molar-refractivity contribution is 0.789. The molecule has 0 atom stereocenters. The maximum atomic E-state index is 5.80. The first-order valence-electron chi connectivity index (χ1n) is 5.19. The van der Waals surface area contributed by atoms with Gasteiger partial charge in [0.2, 0.25) is 0 Å². The Bertz CT molecular complexity index is 515. The van der Waals surface area contributed by atoms with E-state index in [-0.39, 0.29) is 0 Å². The highest BCUT2D eigenvalue weighted by Crippen LogP contribution is 2.12. The minimum atomic E-state index is 0.473. The minimum absolute atomic E-state index is 0.473. The molecular weight excluding hydrogens is 202 g/mol. The molecule has 1 radical (unpaired) electrons. The molecule has 0 aliphatic rings. The Morgan fingerprint density at radius 2 is 2.19 bits per heavy atom. The number of hydrogen-bond donors (Lipinski definition) is 1. The Balaban J connectivity index is 2.49. The van der Waals surface area contributed by atoms with Crippen LogP contribution in [-0.4, -0.2) is 19.7 Å². The van der Waals surface area contributed by atoms with Gasteiger partial charge in [0.15, 0.2) is 0 Å². The summed E-state index contributed by atoms with van der Waals surface area (Å²) in [6, 6.07) is 1.78. The third-order valence-corrected chi connectivity index (χ3v) is 2.40. The molecule has 2 aromatic heterocycles. The van der Waals surface area contributed by atoms with Gasteiger partial charge in [-0.25, -0.2) is 9.97 Å². The number of hydrogen-bond acceptors (Lipinski definition) is 4. The van der Waals surface area contributed by atoms with E-state index >= 15 is 0 Å². The predicted molar refractivity (Wildman–Crippen MR) is 61.3 cm³/mol. The number of nitrogen functional groups attached to an aromatic ring is 1. The summed E-state index contributed by atoms with van der Waals surface area (Å²) in [5.74, 6) is 1.01. The number of rotatable bonds is 2. The Kier molecular flexibility index (Phi) is 2.60. The van der Waals surface area contributed by atoms with E-state index in [1.165, 1.54) is 4.68 Å². The molecule has 0 fully saturated rings. The molecule has 0 saturated carbocycles. The Morgan fingerprint density at radius 3 is 2.69 bits per heavy atom. The Labute approximate surface area is 94.3 Å². The van der Waals surface area contributed by atoms with Crippen molar-refractivity contribution in [3.8, 4) is 5.95 Å². The van der Waals surface area contributed by atoms with Gasteiger partial charge in [-0.1, -0.05) is 6.92 Å². The highest BCUT2D eigenvalue weighted by atomic mass is 15.4. The quantitative estimate of drug-likeness (QED) is 0.819. The number of anilines is 1. The van der Waals surface area contributed by atoms with Crippen LogP contribution in [0, 0.1) is 20.0 Å². The van der Waals surface area contributed by atoms with Crippen LogP contribution in [0.3, 0.4) is 0 Å². The largest absolute Gasteiger partial charge is 0.383 e. The average molecular weight is 216 g/mol. The molecule has 5 nitrogen and oxygen atoms in total. The first kappa shape index (κ1) is 10.6. The van der Waals surface area contributed by atoms with Crippen LogP contribution in [0.2, 0.25) is 0 Å². The van der Waals surface area contributed by atoms with E-state index in [1.54, 1.807) is 6.07 Å². The third kappa shape index (κ3) is 1.76. The maximum Gasteiger partial charge on any atom is 0.253 e. The lowest BCUT2D eigenvalue weighted by Gasteiger charge is -2.05. The van der Waals surface area contributed by atoms with Gasteiger partial charge in [0.1, 0.15) is 5.82 Å². The number of aromatic nitrogens is 4. The summed E-state index contributed by atoms with van der Waals surface area (Å²) >= 11 is 0. The molecule has 0 saturated heterocycles. The molecule has 0 aliphatic carbocycles. The van der Waals surface area contributed by atoms with Crippen LogP contribution in [0.5, 0.6) is 0 Å². The molecule has 0 bridgehead atoms. The molecule has 0 aromatic carbocycles. The summed E-state index contributed by atoms with van der Waals surface area (Å²) in [6.45, 7) is 5.87. The van der Waals surface area contributed by atoms with Crippen molar-refractivity contribution in [2.75, 3.05) is 5.73 Å². The summed E-state index contributed by atoms with van der Waals surface area (Å²) in [5.41, 5.74) is 8.58. The van der Waals surface area contributed by atoms with E-state index in [0.29, 0.717) is 11.8 Å². The second-order valence-electron chi connectivity index (χ2n) is 3.68. The van der Waals surface area contributed by atoms with Crippen molar-refractivity contribution >= 4 is 5.82 Å². The van der Waals surface area contributed by atoms with E-state index < -0.39 is 0 Å². The molecule has 5 heteroatoms. The summed E-state index contributed by atoms with van der Waals surface area (Å²) in [6.07, 6.45) is 3.84. The van der Waals surface area contributed by atoms with E-state index in [9.17, 15) is 0 Å². The number of aryl methyl sites for hydroxylation is 3. The molecule has 0 unspecified atom stereocenters. The fourth-order valence-electron chi connectivity index (χ4n) is 1.55. The molecule has 2 rings (SSSR count). The van der Waals surface area contributed by atoms with Crippen molar-refractivity contribution in [3.05, 3.63) is 29.2 Å². The lowest BCUT2D eigenvalue weighted by atomic mass is 10.2. The summed E-state index contributed by atoms with van der Waals surface area (Å²) < 4.78 is 1.53. The van der Waals surface area contributed by atoms with Gasteiger partial charge in [-0.3, -0.25) is 0 Å². The van der Waals surface area contributed by atoms with E-state index in [0.717, 1.165) is 23.4 Å². The van der Waals surface area contributed by atoms with Gasteiger partial charge in [-0.15, -0.1) is 0 Å². The maximum absolute atomic E-state index is 5.80. The third-order valence-electron chi connectivity index (χ3n) is 2.40. The highest BCUT2D eigenvalue weighted by Gasteiger charge is 2.08. The Morgan fingerprint density at radius 1 is 1.44 bits per heavy atom. The molecule has 2 aromatic rings. The van der Waals surface area contributed by atoms with Gasteiger partial charge >= 0.3 is 0 Å². The lowest BCUT2D eigenvalue weighted by Crippen LogP contribution is -2.08.